The van der Waals surface area contributed by atoms with E-state index in [2.05, 4.69) is 28.0 Å². The molecule has 0 bridgehead atoms. The lowest BCUT2D eigenvalue weighted by molar-refractivity contribution is 0.0678. The number of rotatable bonds is 4. The minimum Gasteiger partial charge on any atom is -0.459 e. The molecule has 25 heavy (non-hydrogen) atoms. The number of amides is 1. The monoisotopic (exact) mass is 342 g/mol. The SMILES string of the molecule is CCN1CC=C(c2noc([C@H]3CCCN3C(=O)c3ccco3)n2)CC1. The summed E-state index contributed by atoms with van der Waals surface area (Å²) in [6.45, 7) is 5.82. The van der Waals surface area contributed by atoms with Crippen LogP contribution in [0.25, 0.3) is 5.57 Å². The van der Waals surface area contributed by atoms with Gasteiger partial charge in [0.25, 0.3) is 5.91 Å². The lowest BCUT2D eigenvalue weighted by Gasteiger charge is -2.23. The fourth-order valence-electron chi connectivity index (χ4n) is 3.51. The standard InChI is InChI=1S/C18H22N4O3/c1-2-21-10-7-13(8-11-21)16-19-17(25-20-16)14-5-3-9-22(14)18(23)15-6-4-12-24-15/h4,6-7,12,14H,2-3,5,8-11H2,1H3/t14-/m1/s1. The van der Waals surface area contributed by atoms with E-state index in [9.17, 15) is 4.79 Å². The Morgan fingerprint density at radius 1 is 1.40 bits per heavy atom. The third-order valence-electron chi connectivity index (χ3n) is 5.00. The maximum atomic E-state index is 12.6. The summed E-state index contributed by atoms with van der Waals surface area (Å²) >= 11 is 0. The van der Waals surface area contributed by atoms with Crippen molar-refractivity contribution in [2.45, 2.75) is 32.2 Å². The largest absolute Gasteiger partial charge is 0.459 e. The van der Waals surface area contributed by atoms with E-state index in [1.54, 1.807) is 17.0 Å². The lowest BCUT2D eigenvalue weighted by atomic mass is 10.1. The van der Waals surface area contributed by atoms with Gasteiger partial charge in [0.2, 0.25) is 5.89 Å². The van der Waals surface area contributed by atoms with Crippen molar-refractivity contribution < 1.29 is 13.7 Å². The number of likely N-dealkylation sites (N-methyl/N-ethyl adjacent to an activating group) is 1. The quantitative estimate of drug-likeness (QED) is 0.850. The van der Waals surface area contributed by atoms with Gasteiger partial charge in [0.05, 0.1) is 6.26 Å². The first kappa shape index (κ1) is 16.1. The second kappa shape index (κ2) is 6.84. The predicted molar refractivity (Wildman–Crippen MR) is 90.7 cm³/mol. The molecular weight excluding hydrogens is 320 g/mol. The molecule has 0 spiro atoms. The summed E-state index contributed by atoms with van der Waals surface area (Å²) in [6, 6.07) is 3.23. The van der Waals surface area contributed by atoms with Crippen LogP contribution in [0, 0.1) is 0 Å². The van der Waals surface area contributed by atoms with Gasteiger partial charge in [0.1, 0.15) is 6.04 Å². The van der Waals surface area contributed by atoms with Crippen molar-refractivity contribution in [3.05, 3.63) is 41.9 Å². The molecule has 2 aromatic rings. The Bertz CT molecular complexity index is 765. The van der Waals surface area contributed by atoms with E-state index in [0.29, 0.717) is 24.0 Å². The Balaban J connectivity index is 1.51. The second-order valence-electron chi connectivity index (χ2n) is 6.46. The lowest BCUT2D eigenvalue weighted by Crippen LogP contribution is -2.30. The predicted octanol–water partition coefficient (Wildman–Crippen LogP) is 2.75. The van der Waals surface area contributed by atoms with Crippen molar-refractivity contribution in [3.8, 4) is 0 Å². The van der Waals surface area contributed by atoms with Crippen LogP contribution in [0.1, 0.15) is 54.5 Å². The van der Waals surface area contributed by atoms with Crippen molar-refractivity contribution >= 4 is 11.5 Å². The molecule has 0 radical (unpaired) electrons. The van der Waals surface area contributed by atoms with Gasteiger partial charge in [-0.2, -0.15) is 4.98 Å². The number of aromatic nitrogens is 2. The molecule has 0 saturated carbocycles. The van der Waals surface area contributed by atoms with E-state index >= 15 is 0 Å². The average molecular weight is 342 g/mol. The first-order chi connectivity index (χ1) is 12.3. The van der Waals surface area contributed by atoms with Gasteiger partial charge in [0.15, 0.2) is 11.6 Å². The van der Waals surface area contributed by atoms with Gasteiger partial charge in [-0.1, -0.05) is 18.2 Å². The molecule has 4 heterocycles. The third-order valence-corrected chi connectivity index (χ3v) is 5.00. The summed E-state index contributed by atoms with van der Waals surface area (Å²) in [5, 5.41) is 4.16. The molecule has 7 heteroatoms. The van der Waals surface area contributed by atoms with Crippen LogP contribution in [-0.4, -0.2) is 52.0 Å². The molecule has 1 atom stereocenters. The fourth-order valence-corrected chi connectivity index (χ4v) is 3.51. The Hall–Kier alpha value is -2.41. The molecule has 1 fully saturated rings. The zero-order chi connectivity index (χ0) is 17.2. The summed E-state index contributed by atoms with van der Waals surface area (Å²) in [5.41, 5.74) is 1.13. The minimum atomic E-state index is -0.171. The second-order valence-corrected chi connectivity index (χ2v) is 6.46. The molecule has 2 aromatic heterocycles. The smallest absolute Gasteiger partial charge is 0.290 e. The van der Waals surface area contributed by atoms with Crippen LogP contribution in [0.15, 0.2) is 33.4 Å². The van der Waals surface area contributed by atoms with Gasteiger partial charge in [-0.25, -0.2) is 0 Å². The van der Waals surface area contributed by atoms with Crippen LogP contribution in [-0.2, 0) is 0 Å². The number of hydrogen-bond donors (Lipinski definition) is 0. The van der Waals surface area contributed by atoms with Gasteiger partial charge < -0.3 is 13.8 Å². The molecule has 2 aliphatic heterocycles. The highest BCUT2D eigenvalue weighted by Crippen LogP contribution is 2.33. The maximum absolute atomic E-state index is 12.6. The van der Waals surface area contributed by atoms with E-state index in [1.165, 1.54) is 6.26 Å². The topological polar surface area (TPSA) is 75.6 Å². The number of carbonyl (C=O) groups is 1. The first-order valence-electron chi connectivity index (χ1n) is 8.86. The van der Waals surface area contributed by atoms with Gasteiger partial charge in [-0.05, 0) is 43.5 Å². The van der Waals surface area contributed by atoms with Crippen molar-refractivity contribution in [2.75, 3.05) is 26.2 Å². The zero-order valence-electron chi connectivity index (χ0n) is 14.4. The number of furan rings is 1. The summed E-state index contributed by atoms with van der Waals surface area (Å²) in [4.78, 5) is 21.3. The first-order valence-corrected chi connectivity index (χ1v) is 8.86. The van der Waals surface area contributed by atoms with E-state index in [0.717, 1.165) is 44.5 Å². The summed E-state index contributed by atoms with van der Waals surface area (Å²) in [7, 11) is 0. The molecule has 0 aromatic carbocycles. The normalized spacial score (nSPS) is 21.6. The van der Waals surface area contributed by atoms with Crippen LogP contribution in [0.5, 0.6) is 0 Å². The van der Waals surface area contributed by atoms with Gasteiger partial charge in [0, 0.05) is 19.6 Å². The highest BCUT2D eigenvalue weighted by atomic mass is 16.5. The van der Waals surface area contributed by atoms with E-state index in [-0.39, 0.29) is 11.9 Å². The van der Waals surface area contributed by atoms with Crippen LogP contribution >= 0.6 is 0 Å². The van der Waals surface area contributed by atoms with Gasteiger partial charge in [-0.15, -0.1) is 0 Å². The maximum Gasteiger partial charge on any atom is 0.290 e. The fraction of sp³-hybridized carbons (Fsp3) is 0.500. The highest BCUT2D eigenvalue weighted by Gasteiger charge is 2.35. The highest BCUT2D eigenvalue weighted by molar-refractivity contribution is 5.91. The van der Waals surface area contributed by atoms with Crippen molar-refractivity contribution in [1.29, 1.82) is 0 Å². The summed E-state index contributed by atoms with van der Waals surface area (Å²) < 4.78 is 10.8. The minimum absolute atomic E-state index is 0.122. The zero-order valence-corrected chi connectivity index (χ0v) is 14.4. The molecular formula is C18H22N4O3. The third kappa shape index (κ3) is 3.11. The molecule has 0 unspecified atom stereocenters. The Morgan fingerprint density at radius 3 is 3.04 bits per heavy atom. The molecule has 7 nitrogen and oxygen atoms in total. The van der Waals surface area contributed by atoms with Crippen molar-refractivity contribution in [1.82, 2.24) is 19.9 Å². The van der Waals surface area contributed by atoms with E-state index < -0.39 is 0 Å². The Kier molecular flexibility index (Phi) is 4.40. The molecule has 1 amide bonds. The number of nitrogens with zero attached hydrogens (tertiary/aromatic N) is 4. The molecule has 2 aliphatic rings. The average Bonchev–Trinajstić information content (AvgIpc) is 3.42. The Morgan fingerprint density at radius 2 is 2.32 bits per heavy atom. The van der Waals surface area contributed by atoms with Gasteiger partial charge >= 0.3 is 0 Å². The van der Waals surface area contributed by atoms with Crippen LogP contribution in [0.3, 0.4) is 0 Å². The van der Waals surface area contributed by atoms with Crippen LogP contribution in [0.4, 0.5) is 0 Å². The number of hydrogen-bond acceptors (Lipinski definition) is 6. The summed E-state index contributed by atoms with van der Waals surface area (Å²) in [6.07, 6.45) is 6.35. The molecule has 0 N–H and O–H groups in total. The van der Waals surface area contributed by atoms with E-state index in [4.69, 9.17) is 8.94 Å². The van der Waals surface area contributed by atoms with E-state index in [1.807, 2.05) is 0 Å². The van der Waals surface area contributed by atoms with Crippen LogP contribution in [0.2, 0.25) is 0 Å². The Labute approximate surface area is 146 Å². The van der Waals surface area contributed by atoms with Crippen molar-refractivity contribution in [3.63, 3.8) is 0 Å². The number of carbonyl (C=O) groups excluding carboxylic acids is 1. The molecule has 4 rings (SSSR count). The van der Waals surface area contributed by atoms with Gasteiger partial charge in [-0.3, -0.25) is 9.69 Å². The number of likely N-dealkylation sites (tertiary alicyclic amines) is 1. The van der Waals surface area contributed by atoms with Crippen molar-refractivity contribution in [2.24, 2.45) is 0 Å². The summed E-state index contributed by atoms with van der Waals surface area (Å²) in [5.74, 6) is 1.40. The molecule has 1 saturated heterocycles. The molecule has 132 valence electrons. The molecule has 0 aliphatic carbocycles. The van der Waals surface area contributed by atoms with Crippen LogP contribution < -0.4 is 0 Å².